The zero-order valence-electron chi connectivity index (χ0n) is 21.0. The summed E-state index contributed by atoms with van der Waals surface area (Å²) in [4.78, 5) is 14.8. The molecule has 38 heavy (non-hydrogen) atoms. The van der Waals surface area contributed by atoms with Crippen molar-refractivity contribution in [2.75, 3.05) is 26.2 Å². The van der Waals surface area contributed by atoms with Crippen molar-refractivity contribution >= 4 is 11.5 Å². The lowest BCUT2D eigenvalue weighted by Gasteiger charge is -2.47. The number of halogens is 5. The molecule has 1 saturated heterocycles. The normalized spacial score (nSPS) is 24.1. The van der Waals surface area contributed by atoms with Gasteiger partial charge < -0.3 is 9.64 Å². The summed E-state index contributed by atoms with van der Waals surface area (Å²) in [5.41, 5.74) is -3.56. The molecule has 2 aromatic rings. The van der Waals surface area contributed by atoms with Crippen molar-refractivity contribution in [2.45, 2.75) is 50.4 Å². The second-order valence-electron chi connectivity index (χ2n) is 10.7. The Bertz CT molecular complexity index is 1210. The van der Waals surface area contributed by atoms with E-state index in [4.69, 9.17) is 4.74 Å². The maximum Gasteiger partial charge on any atom is 0.395 e. The monoisotopic (exact) mass is 534 g/mol. The van der Waals surface area contributed by atoms with E-state index >= 15 is 4.39 Å². The molecule has 0 amide bonds. The molecule has 0 bridgehead atoms. The van der Waals surface area contributed by atoms with Crippen molar-refractivity contribution in [1.82, 2.24) is 9.47 Å². The number of aromatic nitrogens is 1. The molecule has 1 aliphatic heterocycles. The van der Waals surface area contributed by atoms with Crippen LogP contribution >= 0.6 is 0 Å². The highest BCUT2D eigenvalue weighted by atomic mass is 19.4. The lowest BCUT2D eigenvalue weighted by Crippen LogP contribution is -2.53. The van der Waals surface area contributed by atoms with E-state index in [1.54, 1.807) is 30.4 Å². The zero-order valence-corrected chi connectivity index (χ0v) is 21.0. The van der Waals surface area contributed by atoms with Crippen LogP contribution in [0.2, 0.25) is 0 Å². The number of hydrogen-bond acceptors (Lipinski definition) is 3. The standard InChI is InChI=1S/C29H31F5N2O2/c30-24-18-22(23-6-1-2-13-28(23,31)26(37)36-14-3-4-15-36)7-8-25(24)38-19-21-9-16-35(17-10-21)20-27(11-5-12-27)29(32,33)34/h1-4,6-8,14-15,18,21H,5,9-13,16-17,19-20H2/t28-/m0/s1. The molecular formula is C29H31F5N2O2. The lowest BCUT2D eigenvalue weighted by molar-refractivity contribution is -0.256. The quantitative estimate of drug-likeness (QED) is 0.365. The predicted molar refractivity (Wildman–Crippen MR) is 134 cm³/mol. The van der Waals surface area contributed by atoms with Crippen molar-refractivity contribution in [1.29, 1.82) is 0 Å². The van der Waals surface area contributed by atoms with Crippen molar-refractivity contribution in [2.24, 2.45) is 11.3 Å². The van der Waals surface area contributed by atoms with Gasteiger partial charge in [0, 0.05) is 30.9 Å². The molecule has 4 nitrogen and oxygen atoms in total. The maximum atomic E-state index is 16.0. The van der Waals surface area contributed by atoms with Crippen LogP contribution in [0.15, 0.2) is 61.0 Å². The molecule has 204 valence electrons. The topological polar surface area (TPSA) is 34.5 Å². The molecule has 2 heterocycles. The highest BCUT2D eigenvalue weighted by Crippen LogP contribution is 2.53. The minimum atomic E-state index is -4.17. The highest BCUT2D eigenvalue weighted by molar-refractivity contribution is 6.01. The van der Waals surface area contributed by atoms with Crippen molar-refractivity contribution in [3.8, 4) is 5.75 Å². The summed E-state index contributed by atoms with van der Waals surface area (Å²) in [6.07, 6.45) is 5.71. The lowest BCUT2D eigenvalue weighted by atomic mass is 9.67. The second-order valence-corrected chi connectivity index (χ2v) is 10.7. The van der Waals surface area contributed by atoms with Crippen LogP contribution < -0.4 is 4.74 Å². The molecule has 5 rings (SSSR count). The summed E-state index contributed by atoms with van der Waals surface area (Å²) >= 11 is 0. The molecule has 1 saturated carbocycles. The smallest absolute Gasteiger partial charge is 0.395 e. The van der Waals surface area contributed by atoms with Gasteiger partial charge in [0.25, 0.3) is 5.91 Å². The third-order valence-electron chi connectivity index (χ3n) is 8.27. The molecule has 1 atom stereocenters. The Balaban J connectivity index is 1.18. The minimum Gasteiger partial charge on any atom is -0.490 e. The Labute approximate surface area is 218 Å². The molecule has 1 aromatic heterocycles. The Kier molecular flexibility index (Phi) is 7.24. The van der Waals surface area contributed by atoms with E-state index in [2.05, 4.69) is 0 Å². The molecule has 0 N–H and O–H groups in total. The predicted octanol–water partition coefficient (Wildman–Crippen LogP) is 6.84. The van der Waals surface area contributed by atoms with Crippen LogP contribution in [-0.2, 0) is 0 Å². The zero-order chi connectivity index (χ0) is 27.0. The Hall–Kier alpha value is -2.94. The van der Waals surface area contributed by atoms with Gasteiger partial charge in [-0.15, -0.1) is 0 Å². The first-order valence-corrected chi connectivity index (χ1v) is 13.1. The van der Waals surface area contributed by atoms with E-state index in [-0.39, 0.29) is 55.2 Å². The fourth-order valence-electron chi connectivity index (χ4n) is 5.71. The van der Waals surface area contributed by atoms with Crippen LogP contribution in [0.3, 0.4) is 0 Å². The number of benzene rings is 1. The largest absolute Gasteiger partial charge is 0.490 e. The van der Waals surface area contributed by atoms with Crippen LogP contribution in [0, 0.1) is 17.2 Å². The number of carbonyl (C=O) groups is 1. The third-order valence-corrected chi connectivity index (χ3v) is 8.27. The van der Waals surface area contributed by atoms with Crippen LogP contribution in [0.5, 0.6) is 5.75 Å². The molecule has 9 heteroatoms. The van der Waals surface area contributed by atoms with Gasteiger partial charge in [-0.3, -0.25) is 9.36 Å². The number of piperidine rings is 1. The molecule has 1 aromatic carbocycles. The fourth-order valence-corrected chi connectivity index (χ4v) is 5.71. The number of hydrogen-bond donors (Lipinski definition) is 0. The Morgan fingerprint density at radius 2 is 1.82 bits per heavy atom. The van der Waals surface area contributed by atoms with Crippen molar-refractivity contribution < 1.29 is 31.5 Å². The summed E-state index contributed by atoms with van der Waals surface area (Å²) in [6, 6.07) is 7.41. The number of rotatable bonds is 7. The van der Waals surface area contributed by atoms with Gasteiger partial charge in [0.2, 0.25) is 5.67 Å². The van der Waals surface area contributed by atoms with Crippen LogP contribution in [0.1, 0.15) is 48.9 Å². The van der Waals surface area contributed by atoms with Gasteiger partial charge in [-0.25, -0.2) is 8.78 Å². The number of allylic oxidation sites excluding steroid dienone is 4. The maximum absolute atomic E-state index is 16.0. The summed E-state index contributed by atoms with van der Waals surface area (Å²) in [5, 5.41) is 0. The van der Waals surface area contributed by atoms with Gasteiger partial charge >= 0.3 is 6.18 Å². The average molecular weight is 535 g/mol. The van der Waals surface area contributed by atoms with Crippen molar-refractivity contribution in [3.05, 3.63) is 72.3 Å². The number of carbonyl (C=O) groups excluding carboxylic acids is 1. The number of likely N-dealkylation sites (tertiary alicyclic amines) is 1. The molecule has 3 aliphatic rings. The fraction of sp³-hybridized carbons (Fsp3) is 0.483. The molecule has 2 aliphatic carbocycles. The summed E-state index contributed by atoms with van der Waals surface area (Å²) < 4.78 is 78.4. The van der Waals surface area contributed by atoms with E-state index < -0.39 is 29.0 Å². The average Bonchev–Trinajstić information content (AvgIpc) is 3.40. The van der Waals surface area contributed by atoms with E-state index in [1.165, 1.54) is 35.2 Å². The summed E-state index contributed by atoms with van der Waals surface area (Å²) in [5.74, 6) is -1.28. The van der Waals surface area contributed by atoms with E-state index in [0.717, 1.165) is 0 Å². The van der Waals surface area contributed by atoms with Crippen LogP contribution in [-0.4, -0.2) is 53.5 Å². The van der Waals surface area contributed by atoms with Gasteiger partial charge in [0.15, 0.2) is 11.6 Å². The summed E-state index contributed by atoms with van der Waals surface area (Å²) in [7, 11) is 0. The molecule has 0 radical (unpaired) electrons. The van der Waals surface area contributed by atoms with Crippen molar-refractivity contribution in [3.63, 3.8) is 0 Å². The Morgan fingerprint density at radius 1 is 1.11 bits per heavy atom. The molecule has 2 fully saturated rings. The molecular weight excluding hydrogens is 503 g/mol. The first-order valence-electron chi connectivity index (χ1n) is 13.1. The van der Waals surface area contributed by atoms with Gasteiger partial charge in [-0.1, -0.05) is 30.7 Å². The number of alkyl halides is 4. The molecule has 0 unspecified atom stereocenters. The SMILES string of the molecule is O=C(n1cccc1)[C@]1(F)CC=CC=C1c1ccc(OCC2CCN(CC3(C(F)(F)F)CCC3)CC2)c(F)c1. The van der Waals surface area contributed by atoms with Gasteiger partial charge in [-0.05, 0) is 74.5 Å². The second kappa shape index (κ2) is 10.3. The van der Waals surface area contributed by atoms with E-state index in [9.17, 15) is 22.4 Å². The highest BCUT2D eigenvalue weighted by Gasteiger charge is 2.58. The van der Waals surface area contributed by atoms with Gasteiger partial charge in [0.1, 0.15) is 0 Å². The number of ether oxygens (including phenoxy) is 1. The van der Waals surface area contributed by atoms with Crippen LogP contribution in [0.25, 0.3) is 5.57 Å². The Morgan fingerprint density at radius 3 is 2.42 bits per heavy atom. The third kappa shape index (κ3) is 5.05. The molecule has 0 spiro atoms. The van der Waals surface area contributed by atoms with Gasteiger partial charge in [0.05, 0.1) is 12.0 Å². The minimum absolute atomic E-state index is 0.0230. The summed E-state index contributed by atoms with van der Waals surface area (Å²) in [6.45, 7) is 1.42. The van der Waals surface area contributed by atoms with E-state index in [1.807, 2.05) is 4.90 Å². The number of nitrogens with zero attached hydrogens (tertiary/aromatic N) is 2. The first kappa shape index (κ1) is 26.7. The van der Waals surface area contributed by atoms with E-state index in [0.29, 0.717) is 32.4 Å². The first-order chi connectivity index (χ1) is 18.1. The van der Waals surface area contributed by atoms with Gasteiger partial charge in [-0.2, -0.15) is 13.2 Å². The van der Waals surface area contributed by atoms with Crippen LogP contribution in [0.4, 0.5) is 22.0 Å².